The lowest BCUT2D eigenvalue weighted by Crippen LogP contribution is -2.06. The Balaban J connectivity index is 2.32. The Morgan fingerprint density at radius 1 is 1.00 bits per heavy atom. The standard InChI is InChI=1S/C13H10BrF3N2/c14-12-5-4-10(7-11(12)13(15,16)17)19-9-3-1-2-8(18)6-9/h1-7,19H,18H2. The Morgan fingerprint density at radius 3 is 2.32 bits per heavy atom. The van der Waals surface area contributed by atoms with E-state index in [1.54, 1.807) is 30.3 Å². The third-order valence-electron chi connectivity index (χ3n) is 2.45. The second-order valence-electron chi connectivity index (χ2n) is 3.94. The van der Waals surface area contributed by atoms with Crippen LogP contribution < -0.4 is 11.1 Å². The van der Waals surface area contributed by atoms with Gasteiger partial charge < -0.3 is 11.1 Å². The van der Waals surface area contributed by atoms with Crippen molar-refractivity contribution in [2.75, 3.05) is 11.1 Å². The van der Waals surface area contributed by atoms with Crippen LogP contribution in [-0.4, -0.2) is 0 Å². The molecule has 0 unspecified atom stereocenters. The van der Waals surface area contributed by atoms with Gasteiger partial charge in [0.1, 0.15) is 0 Å². The van der Waals surface area contributed by atoms with Gasteiger partial charge in [-0.15, -0.1) is 0 Å². The molecule has 0 saturated heterocycles. The molecule has 2 rings (SSSR count). The van der Waals surface area contributed by atoms with E-state index >= 15 is 0 Å². The first-order valence-corrected chi connectivity index (χ1v) is 6.15. The van der Waals surface area contributed by atoms with E-state index in [2.05, 4.69) is 21.2 Å². The lowest BCUT2D eigenvalue weighted by molar-refractivity contribution is -0.138. The highest BCUT2D eigenvalue weighted by atomic mass is 79.9. The van der Waals surface area contributed by atoms with Crippen molar-refractivity contribution < 1.29 is 13.2 Å². The fourth-order valence-electron chi connectivity index (χ4n) is 1.60. The number of nitrogens with two attached hydrogens (primary N) is 1. The number of nitrogens with one attached hydrogen (secondary N) is 1. The summed E-state index contributed by atoms with van der Waals surface area (Å²) in [5, 5.41) is 2.88. The van der Waals surface area contributed by atoms with Crippen LogP contribution in [-0.2, 0) is 6.18 Å². The van der Waals surface area contributed by atoms with Crippen molar-refractivity contribution in [1.82, 2.24) is 0 Å². The average molecular weight is 331 g/mol. The maximum absolute atomic E-state index is 12.8. The first-order valence-electron chi connectivity index (χ1n) is 5.35. The van der Waals surface area contributed by atoms with Crippen LogP contribution in [0.5, 0.6) is 0 Å². The predicted octanol–water partition coefficient (Wildman–Crippen LogP) is 4.79. The summed E-state index contributed by atoms with van der Waals surface area (Å²) in [6.07, 6.45) is -4.40. The zero-order valence-electron chi connectivity index (χ0n) is 9.63. The highest BCUT2D eigenvalue weighted by molar-refractivity contribution is 9.10. The summed E-state index contributed by atoms with van der Waals surface area (Å²) in [6.45, 7) is 0. The van der Waals surface area contributed by atoms with Gasteiger partial charge in [0.05, 0.1) is 5.56 Å². The van der Waals surface area contributed by atoms with Gasteiger partial charge in [0.15, 0.2) is 0 Å². The average Bonchev–Trinajstić information content (AvgIpc) is 2.30. The molecule has 0 fully saturated rings. The lowest BCUT2D eigenvalue weighted by atomic mass is 10.2. The van der Waals surface area contributed by atoms with Gasteiger partial charge in [-0.05, 0) is 36.4 Å². The second-order valence-corrected chi connectivity index (χ2v) is 4.80. The maximum Gasteiger partial charge on any atom is 0.417 e. The molecule has 0 amide bonds. The van der Waals surface area contributed by atoms with Crippen molar-refractivity contribution in [2.24, 2.45) is 0 Å². The largest absolute Gasteiger partial charge is 0.417 e. The zero-order chi connectivity index (χ0) is 14.0. The summed E-state index contributed by atoms with van der Waals surface area (Å²) in [5.74, 6) is 0. The molecular formula is C13H10BrF3N2. The van der Waals surface area contributed by atoms with Crippen LogP contribution in [0.4, 0.5) is 30.2 Å². The van der Waals surface area contributed by atoms with E-state index in [0.717, 1.165) is 6.07 Å². The van der Waals surface area contributed by atoms with Crippen molar-refractivity contribution >= 4 is 33.0 Å². The normalized spacial score (nSPS) is 11.4. The summed E-state index contributed by atoms with van der Waals surface area (Å²) >= 11 is 2.90. The molecule has 0 saturated carbocycles. The van der Waals surface area contributed by atoms with Crippen LogP contribution in [0.3, 0.4) is 0 Å². The van der Waals surface area contributed by atoms with Crippen molar-refractivity contribution in [3.05, 3.63) is 52.5 Å². The Labute approximate surface area is 116 Å². The van der Waals surface area contributed by atoms with Crippen LogP contribution in [0.15, 0.2) is 46.9 Å². The van der Waals surface area contributed by atoms with Gasteiger partial charge in [0, 0.05) is 21.5 Å². The zero-order valence-corrected chi connectivity index (χ0v) is 11.2. The van der Waals surface area contributed by atoms with Crippen LogP contribution in [0, 0.1) is 0 Å². The molecule has 3 N–H and O–H groups in total. The number of rotatable bonds is 2. The van der Waals surface area contributed by atoms with Gasteiger partial charge in [-0.25, -0.2) is 0 Å². The number of hydrogen-bond donors (Lipinski definition) is 2. The summed E-state index contributed by atoms with van der Waals surface area (Å²) < 4.78 is 38.3. The van der Waals surface area contributed by atoms with Crippen LogP contribution >= 0.6 is 15.9 Å². The summed E-state index contributed by atoms with van der Waals surface area (Å²) in [4.78, 5) is 0. The molecule has 0 atom stereocenters. The van der Waals surface area contributed by atoms with Gasteiger partial charge in [-0.1, -0.05) is 22.0 Å². The number of benzene rings is 2. The van der Waals surface area contributed by atoms with E-state index in [4.69, 9.17) is 5.73 Å². The van der Waals surface area contributed by atoms with Gasteiger partial charge in [-0.3, -0.25) is 0 Å². The molecule has 0 aliphatic rings. The molecule has 100 valence electrons. The van der Waals surface area contributed by atoms with E-state index in [9.17, 15) is 13.2 Å². The third kappa shape index (κ3) is 3.41. The molecule has 0 aromatic heterocycles. The van der Waals surface area contributed by atoms with Crippen molar-refractivity contribution in [1.29, 1.82) is 0 Å². The van der Waals surface area contributed by atoms with Crippen LogP contribution in [0.25, 0.3) is 0 Å². The van der Waals surface area contributed by atoms with E-state index in [1.807, 2.05) is 0 Å². The Morgan fingerprint density at radius 2 is 1.68 bits per heavy atom. The molecule has 6 heteroatoms. The summed E-state index contributed by atoms with van der Waals surface area (Å²) in [7, 11) is 0. The minimum atomic E-state index is -4.40. The lowest BCUT2D eigenvalue weighted by Gasteiger charge is -2.12. The predicted molar refractivity (Wildman–Crippen MR) is 73.3 cm³/mol. The number of alkyl halides is 3. The minimum Gasteiger partial charge on any atom is -0.399 e. The summed E-state index contributed by atoms with van der Waals surface area (Å²) in [5.41, 5.74) is 6.41. The first-order chi connectivity index (χ1) is 8.86. The molecule has 2 nitrogen and oxygen atoms in total. The Bertz CT molecular complexity index is 597. The Hall–Kier alpha value is -1.69. The quantitative estimate of drug-likeness (QED) is 0.776. The van der Waals surface area contributed by atoms with Crippen molar-refractivity contribution in [3.63, 3.8) is 0 Å². The molecule has 0 radical (unpaired) electrons. The Kier molecular flexibility index (Phi) is 3.71. The van der Waals surface area contributed by atoms with E-state index in [-0.39, 0.29) is 4.47 Å². The van der Waals surface area contributed by atoms with Gasteiger partial charge in [0.25, 0.3) is 0 Å². The number of anilines is 3. The smallest absolute Gasteiger partial charge is 0.399 e. The second kappa shape index (κ2) is 5.13. The molecule has 0 aliphatic carbocycles. The highest BCUT2D eigenvalue weighted by Gasteiger charge is 2.33. The number of halogens is 4. The highest BCUT2D eigenvalue weighted by Crippen LogP contribution is 2.36. The molecular weight excluding hydrogens is 321 g/mol. The molecule has 2 aromatic rings. The fraction of sp³-hybridized carbons (Fsp3) is 0.0769. The fourth-order valence-corrected chi connectivity index (χ4v) is 2.07. The van der Waals surface area contributed by atoms with E-state index < -0.39 is 11.7 Å². The van der Waals surface area contributed by atoms with Crippen LogP contribution in [0.1, 0.15) is 5.56 Å². The van der Waals surface area contributed by atoms with E-state index in [1.165, 1.54) is 6.07 Å². The molecule has 0 bridgehead atoms. The maximum atomic E-state index is 12.8. The SMILES string of the molecule is Nc1cccc(Nc2ccc(Br)c(C(F)(F)F)c2)c1. The molecule has 0 spiro atoms. The van der Waals surface area contributed by atoms with Crippen LogP contribution in [0.2, 0.25) is 0 Å². The van der Waals surface area contributed by atoms with Crippen molar-refractivity contribution in [3.8, 4) is 0 Å². The molecule has 0 aliphatic heterocycles. The number of hydrogen-bond acceptors (Lipinski definition) is 2. The summed E-state index contributed by atoms with van der Waals surface area (Å²) in [6, 6.07) is 10.8. The number of nitrogen functional groups attached to an aromatic ring is 1. The molecule has 0 heterocycles. The van der Waals surface area contributed by atoms with Crippen molar-refractivity contribution in [2.45, 2.75) is 6.18 Å². The molecule has 2 aromatic carbocycles. The topological polar surface area (TPSA) is 38.0 Å². The monoisotopic (exact) mass is 330 g/mol. The minimum absolute atomic E-state index is 0.0122. The van der Waals surface area contributed by atoms with Gasteiger partial charge >= 0.3 is 6.18 Å². The van der Waals surface area contributed by atoms with Gasteiger partial charge in [0.2, 0.25) is 0 Å². The van der Waals surface area contributed by atoms with Gasteiger partial charge in [-0.2, -0.15) is 13.2 Å². The van der Waals surface area contributed by atoms with E-state index in [0.29, 0.717) is 17.1 Å². The third-order valence-corrected chi connectivity index (χ3v) is 3.14. The first kappa shape index (κ1) is 13.7. The molecule has 19 heavy (non-hydrogen) atoms.